The van der Waals surface area contributed by atoms with Gasteiger partial charge in [-0.1, -0.05) is 11.6 Å². The predicted octanol–water partition coefficient (Wildman–Crippen LogP) is 2.00. The van der Waals surface area contributed by atoms with Crippen LogP contribution in [0.3, 0.4) is 0 Å². The van der Waals surface area contributed by atoms with Crippen LogP contribution in [0.5, 0.6) is 11.5 Å². The van der Waals surface area contributed by atoms with Crippen LogP contribution in [-0.2, 0) is 10.2 Å². The normalized spacial score (nSPS) is 18.5. The maximum absolute atomic E-state index is 11.4. The van der Waals surface area contributed by atoms with Gasteiger partial charge in [0.1, 0.15) is 0 Å². The highest BCUT2D eigenvalue weighted by Gasteiger charge is 2.55. The number of fused-ring (bicyclic) bond motifs is 1. The second-order valence-corrected chi connectivity index (χ2v) is 4.80. The second-order valence-electron chi connectivity index (χ2n) is 4.39. The molecule has 1 fully saturated rings. The van der Waals surface area contributed by atoms with Crippen LogP contribution < -0.4 is 9.47 Å². The Bertz CT molecular complexity index is 562. The molecular formula is C12H9ClO5. The number of hydrogen-bond donors (Lipinski definition) is 1. The van der Waals surface area contributed by atoms with Gasteiger partial charge >= 0.3 is 5.97 Å². The summed E-state index contributed by atoms with van der Waals surface area (Å²) in [5.41, 5.74) is -0.289. The van der Waals surface area contributed by atoms with Crippen LogP contribution in [0.15, 0.2) is 6.07 Å². The fourth-order valence-corrected chi connectivity index (χ4v) is 2.67. The Labute approximate surface area is 107 Å². The van der Waals surface area contributed by atoms with Crippen LogP contribution >= 0.6 is 11.6 Å². The van der Waals surface area contributed by atoms with Crippen LogP contribution in [0.4, 0.5) is 0 Å². The summed E-state index contributed by atoms with van der Waals surface area (Å²) < 4.78 is 10.5. The molecule has 6 heteroatoms. The number of ether oxygens (including phenoxy) is 2. The lowest BCUT2D eigenvalue weighted by atomic mass is 9.93. The van der Waals surface area contributed by atoms with Crippen LogP contribution in [-0.4, -0.2) is 24.2 Å². The highest BCUT2D eigenvalue weighted by molar-refractivity contribution is 6.32. The molecule has 2 aliphatic rings. The summed E-state index contributed by atoms with van der Waals surface area (Å²) in [6.45, 7) is -0.0286. The van der Waals surface area contributed by atoms with E-state index < -0.39 is 11.4 Å². The van der Waals surface area contributed by atoms with Crippen molar-refractivity contribution in [3.63, 3.8) is 0 Å². The lowest BCUT2D eigenvalue weighted by Gasteiger charge is -2.15. The molecule has 0 radical (unpaired) electrons. The van der Waals surface area contributed by atoms with Gasteiger partial charge in [0.2, 0.25) is 6.79 Å². The van der Waals surface area contributed by atoms with Crippen molar-refractivity contribution < 1.29 is 24.2 Å². The third kappa shape index (κ3) is 1.34. The van der Waals surface area contributed by atoms with E-state index in [2.05, 4.69) is 0 Å². The summed E-state index contributed by atoms with van der Waals surface area (Å²) >= 11 is 6.10. The highest BCUT2D eigenvalue weighted by Crippen LogP contribution is 2.57. The number of rotatable bonds is 3. The van der Waals surface area contributed by atoms with Gasteiger partial charge in [-0.2, -0.15) is 0 Å². The Morgan fingerprint density at radius 3 is 2.61 bits per heavy atom. The van der Waals surface area contributed by atoms with Gasteiger partial charge in [-0.25, -0.2) is 0 Å². The zero-order chi connectivity index (χ0) is 12.9. The summed E-state index contributed by atoms with van der Waals surface area (Å²) in [6, 6.07) is 1.43. The summed E-state index contributed by atoms with van der Waals surface area (Å²) in [7, 11) is 0. The number of benzene rings is 1. The monoisotopic (exact) mass is 268 g/mol. The van der Waals surface area contributed by atoms with Crippen molar-refractivity contribution in [2.75, 3.05) is 6.79 Å². The zero-order valence-corrected chi connectivity index (χ0v) is 9.99. The van der Waals surface area contributed by atoms with Gasteiger partial charge < -0.3 is 14.6 Å². The lowest BCUT2D eigenvalue weighted by molar-refractivity contribution is -0.140. The molecule has 0 aromatic heterocycles. The standard InChI is InChI=1S/C12H9ClO5/c13-7-3-6(4-14)9-10(18-5-17-9)8(7)12(1-2-12)11(15)16/h3-4H,1-2,5H2,(H,15,16). The van der Waals surface area contributed by atoms with E-state index in [9.17, 15) is 14.7 Å². The number of halogens is 1. The average molecular weight is 269 g/mol. The van der Waals surface area contributed by atoms with E-state index >= 15 is 0 Å². The quantitative estimate of drug-likeness (QED) is 0.849. The van der Waals surface area contributed by atoms with Crippen molar-refractivity contribution in [1.82, 2.24) is 0 Å². The zero-order valence-electron chi connectivity index (χ0n) is 9.23. The SMILES string of the molecule is O=Cc1cc(Cl)c(C2(C(=O)O)CC2)c2c1OCO2. The van der Waals surface area contributed by atoms with Crippen molar-refractivity contribution in [3.8, 4) is 11.5 Å². The fraction of sp³-hybridized carbons (Fsp3) is 0.333. The Morgan fingerprint density at radius 2 is 2.06 bits per heavy atom. The van der Waals surface area contributed by atoms with Crippen molar-refractivity contribution >= 4 is 23.9 Å². The van der Waals surface area contributed by atoms with Crippen LogP contribution in [0.1, 0.15) is 28.8 Å². The molecule has 0 amide bonds. The smallest absolute Gasteiger partial charge is 0.314 e. The third-order valence-corrected chi connectivity index (χ3v) is 3.69. The van der Waals surface area contributed by atoms with Crippen molar-refractivity contribution in [1.29, 1.82) is 0 Å². The largest absolute Gasteiger partial charge is 0.481 e. The number of carboxylic acid groups (broad SMARTS) is 1. The van der Waals surface area contributed by atoms with E-state index in [0.717, 1.165) is 0 Å². The highest BCUT2D eigenvalue weighted by atomic mass is 35.5. The Balaban J connectivity index is 2.25. The summed E-state index contributed by atoms with van der Waals surface area (Å²) in [4.78, 5) is 22.3. The van der Waals surface area contributed by atoms with Crippen molar-refractivity contribution in [2.45, 2.75) is 18.3 Å². The summed E-state index contributed by atoms with van der Waals surface area (Å²) in [5, 5.41) is 9.55. The number of aldehydes is 1. The number of carbonyl (C=O) groups excluding carboxylic acids is 1. The molecule has 0 bridgehead atoms. The molecule has 0 spiro atoms. The first-order valence-corrected chi connectivity index (χ1v) is 5.79. The molecular weight excluding hydrogens is 260 g/mol. The van der Waals surface area contributed by atoms with E-state index in [1.165, 1.54) is 6.07 Å². The first-order chi connectivity index (χ1) is 8.60. The van der Waals surface area contributed by atoms with Crippen LogP contribution in [0, 0.1) is 0 Å². The molecule has 1 heterocycles. The molecule has 94 valence electrons. The molecule has 1 aliphatic heterocycles. The summed E-state index contributed by atoms with van der Waals surface area (Å²) in [5.74, 6) is -0.345. The lowest BCUT2D eigenvalue weighted by Crippen LogP contribution is -2.20. The predicted molar refractivity (Wildman–Crippen MR) is 61.5 cm³/mol. The molecule has 1 N–H and O–H groups in total. The molecule has 1 aromatic rings. The molecule has 0 saturated heterocycles. The molecule has 3 rings (SSSR count). The Kier molecular flexibility index (Phi) is 2.28. The maximum atomic E-state index is 11.4. The minimum absolute atomic E-state index is 0.0286. The number of hydrogen-bond acceptors (Lipinski definition) is 4. The Morgan fingerprint density at radius 1 is 1.39 bits per heavy atom. The van der Waals surface area contributed by atoms with Gasteiger partial charge in [-0.05, 0) is 18.9 Å². The fourth-order valence-electron chi connectivity index (χ4n) is 2.29. The van der Waals surface area contributed by atoms with E-state index in [1.54, 1.807) is 0 Å². The van der Waals surface area contributed by atoms with E-state index in [4.69, 9.17) is 21.1 Å². The van der Waals surface area contributed by atoms with Gasteiger partial charge in [0, 0.05) is 10.6 Å². The molecule has 1 aliphatic carbocycles. The first-order valence-electron chi connectivity index (χ1n) is 5.41. The van der Waals surface area contributed by atoms with E-state index in [1.807, 2.05) is 0 Å². The van der Waals surface area contributed by atoms with Gasteiger partial charge in [0.15, 0.2) is 17.8 Å². The minimum Gasteiger partial charge on any atom is -0.481 e. The van der Waals surface area contributed by atoms with Crippen LogP contribution in [0.25, 0.3) is 0 Å². The molecule has 1 saturated carbocycles. The van der Waals surface area contributed by atoms with Crippen molar-refractivity contribution in [2.24, 2.45) is 0 Å². The van der Waals surface area contributed by atoms with Gasteiger partial charge in [-0.15, -0.1) is 0 Å². The topological polar surface area (TPSA) is 72.8 Å². The molecule has 0 atom stereocenters. The van der Waals surface area contributed by atoms with Gasteiger partial charge in [0.05, 0.1) is 11.0 Å². The number of carbonyl (C=O) groups is 2. The third-order valence-electron chi connectivity index (χ3n) is 3.39. The number of carboxylic acids is 1. The van der Waals surface area contributed by atoms with Crippen LogP contribution in [0.2, 0.25) is 5.02 Å². The first kappa shape index (κ1) is 11.3. The Hall–Kier alpha value is -1.75. The van der Waals surface area contributed by atoms with Crippen molar-refractivity contribution in [3.05, 3.63) is 22.2 Å². The molecule has 5 nitrogen and oxygen atoms in total. The van der Waals surface area contributed by atoms with E-state index in [-0.39, 0.29) is 23.1 Å². The molecule has 18 heavy (non-hydrogen) atoms. The molecule has 1 aromatic carbocycles. The average Bonchev–Trinajstić information content (AvgIpc) is 2.99. The van der Waals surface area contributed by atoms with Gasteiger partial charge in [0.25, 0.3) is 0 Å². The number of aliphatic carboxylic acids is 1. The maximum Gasteiger partial charge on any atom is 0.314 e. The second kappa shape index (κ2) is 3.62. The summed E-state index contributed by atoms with van der Waals surface area (Å²) in [6.07, 6.45) is 1.64. The van der Waals surface area contributed by atoms with Gasteiger partial charge in [-0.3, -0.25) is 9.59 Å². The molecule has 0 unspecified atom stereocenters. The van der Waals surface area contributed by atoms with E-state index in [0.29, 0.717) is 30.4 Å². The minimum atomic E-state index is -0.990.